The van der Waals surface area contributed by atoms with Crippen molar-refractivity contribution in [1.29, 1.82) is 0 Å². The van der Waals surface area contributed by atoms with Crippen molar-refractivity contribution in [2.45, 2.75) is 12.8 Å². The van der Waals surface area contributed by atoms with Gasteiger partial charge in [-0.05, 0) is 22.3 Å². The minimum Gasteiger partial charge on any atom is -0.374 e. The number of benzene rings is 2. The van der Waals surface area contributed by atoms with E-state index in [-0.39, 0.29) is 0 Å². The van der Waals surface area contributed by atoms with Crippen LogP contribution in [0.15, 0.2) is 54.6 Å². The molecule has 110 valence electrons. The summed E-state index contributed by atoms with van der Waals surface area (Å²) in [5.41, 5.74) is 2.02. The molecule has 0 spiro atoms. The molecule has 0 heterocycles. The maximum absolute atomic E-state index is 11.7. The highest BCUT2D eigenvalue weighted by atomic mass is 35.5. The Kier molecular flexibility index (Phi) is 6.84. The van der Waals surface area contributed by atoms with Crippen LogP contribution >= 0.6 is 19.6 Å². The molecule has 5 heteroatoms. The highest BCUT2D eigenvalue weighted by Crippen LogP contribution is 2.27. The smallest absolute Gasteiger partial charge is 0.374 e. The summed E-state index contributed by atoms with van der Waals surface area (Å²) in [6.07, 6.45) is 0.435. The zero-order valence-corrected chi connectivity index (χ0v) is 13.2. The van der Waals surface area contributed by atoms with Crippen LogP contribution in [0.5, 0.6) is 0 Å². The number of ether oxygens (including phenoxy) is 1. The summed E-state index contributed by atoms with van der Waals surface area (Å²) in [7, 11) is -1.68. The van der Waals surface area contributed by atoms with E-state index >= 15 is 0 Å². The Morgan fingerprint density at radius 1 is 0.952 bits per heavy atom. The molecule has 2 rings (SSSR count). The Labute approximate surface area is 130 Å². The van der Waals surface area contributed by atoms with Crippen molar-refractivity contribution < 1.29 is 13.8 Å². The van der Waals surface area contributed by atoms with E-state index in [2.05, 4.69) is 0 Å². The molecule has 0 aliphatic rings. The predicted octanol–water partition coefficient (Wildman–Crippen LogP) is 4.82. The summed E-state index contributed by atoms with van der Waals surface area (Å²) >= 11 is 5.88. The zero-order valence-electron chi connectivity index (χ0n) is 11.6. The molecule has 2 aromatic rings. The second-order valence-corrected chi connectivity index (χ2v) is 6.17. The third kappa shape index (κ3) is 6.36. The fraction of sp³-hybridized carbons (Fsp3) is 0.250. The zero-order chi connectivity index (χ0) is 14.9. The molecule has 0 N–H and O–H groups in total. The molecule has 1 unspecified atom stereocenters. The Morgan fingerprint density at radius 2 is 1.71 bits per heavy atom. The molecule has 21 heavy (non-hydrogen) atoms. The first-order valence-electron chi connectivity index (χ1n) is 6.68. The van der Waals surface area contributed by atoms with Crippen molar-refractivity contribution in [2.24, 2.45) is 0 Å². The molecule has 1 atom stereocenters. The molecular formula is C16H17ClO3P+. The van der Waals surface area contributed by atoms with Crippen LogP contribution in [-0.2, 0) is 26.6 Å². The van der Waals surface area contributed by atoms with Gasteiger partial charge in [0, 0.05) is 10.6 Å². The Hall–Kier alpha value is -1.25. The average Bonchev–Trinajstić information content (AvgIpc) is 2.48. The summed E-state index contributed by atoms with van der Waals surface area (Å²) in [5.74, 6) is 0. The van der Waals surface area contributed by atoms with Gasteiger partial charge in [-0.1, -0.05) is 54.1 Å². The monoisotopic (exact) mass is 323 g/mol. The molecule has 2 aromatic carbocycles. The minimum atomic E-state index is -1.68. The Morgan fingerprint density at radius 3 is 2.48 bits per heavy atom. The minimum absolute atomic E-state index is 0.322. The van der Waals surface area contributed by atoms with E-state index in [1.807, 2.05) is 54.6 Å². The van der Waals surface area contributed by atoms with Crippen LogP contribution in [0.25, 0.3) is 0 Å². The van der Waals surface area contributed by atoms with Gasteiger partial charge in [-0.15, -0.1) is 4.52 Å². The van der Waals surface area contributed by atoms with E-state index in [0.29, 0.717) is 31.0 Å². The first-order valence-corrected chi connectivity index (χ1v) is 8.42. The van der Waals surface area contributed by atoms with Crippen LogP contribution in [0, 0.1) is 0 Å². The summed E-state index contributed by atoms with van der Waals surface area (Å²) < 4.78 is 22.5. The molecule has 0 radical (unpaired) electrons. The van der Waals surface area contributed by atoms with E-state index in [1.54, 1.807) is 0 Å². The van der Waals surface area contributed by atoms with Gasteiger partial charge in [0.1, 0.15) is 6.61 Å². The van der Waals surface area contributed by atoms with Crippen LogP contribution in [0.3, 0.4) is 0 Å². The van der Waals surface area contributed by atoms with Crippen LogP contribution in [-0.4, -0.2) is 13.2 Å². The molecule has 0 aromatic heterocycles. The van der Waals surface area contributed by atoms with Crippen molar-refractivity contribution in [3.8, 4) is 0 Å². The van der Waals surface area contributed by atoms with Crippen molar-refractivity contribution in [1.82, 2.24) is 0 Å². The van der Waals surface area contributed by atoms with Crippen LogP contribution in [0.1, 0.15) is 11.1 Å². The lowest BCUT2D eigenvalue weighted by Crippen LogP contribution is -2.01. The number of hydrogen-bond donors (Lipinski definition) is 0. The van der Waals surface area contributed by atoms with Gasteiger partial charge in [-0.25, -0.2) is 0 Å². The number of rotatable bonds is 8. The SMILES string of the molecule is O=[P+](Cc1ccccc1)OCCOCc1cccc(Cl)c1. The third-order valence-electron chi connectivity index (χ3n) is 2.78. The highest BCUT2D eigenvalue weighted by Gasteiger charge is 2.17. The van der Waals surface area contributed by atoms with Gasteiger partial charge in [0.2, 0.25) is 6.16 Å². The molecule has 0 aliphatic carbocycles. The maximum atomic E-state index is 11.7. The molecular weight excluding hydrogens is 307 g/mol. The standard InChI is InChI=1S/C16H17ClO3P/c17-16-8-4-7-15(11-16)12-19-9-10-20-21(18)13-14-5-2-1-3-6-14/h1-8,11H,9-10,12-13H2/q+1. The van der Waals surface area contributed by atoms with Crippen LogP contribution in [0.4, 0.5) is 0 Å². The summed E-state index contributed by atoms with van der Waals surface area (Å²) in [5, 5.41) is 0.693. The molecule has 3 nitrogen and oxygen atoms in total. The number of halogens is 1. The van der Waals surface area contributed by atoms with Gasteiger partial charge in [0.25, 0.3) is 0 Å². The Balaban J connectivity index is 1.60. The summed E-state index contributed by atoms with van der Waals surface area (Å²) in [6, 6.07) is 17.2. The molecule has 0 fully saturated rings. The van der Waals surface area contributed by atoms with Gasteiger partial charge in [0.05, 0.1) is 13.2 Å². The van der Waals surface area contributed by atoms with E-state index in [0.717, 1.165) is 11.1 Å². The molecule has 0 amide bonds. The van der Waals surface area contributed by atoms with Crippen molar-refractivity contribution in [3.05, 3.63) is 70.7 Å². The second kappa shape index (κ2) is 8.91. The third-order valence-corrected chi connectivity index (χ3v) is 4.10. The largest absolute Gasteiger partial charge is 0.512 e. The van der Waals surface area contributed by atoms with E-state index in [4.69, 9.17) is 20.9 Å². The fourth-order valence-electron chi connectivity index (χ4n) is 1.79. The average molecular weight is 324 g/mol. The van der Waals surface area contributed by atoms with E-state index in [1.165, 1.54) is 0 Å². The lowest BCUT2D eigenvalue weighted by atomic mass is 10.2. The van der Waals surface area contributed by atoms with Crippen molar-refractivity contribution >= 4 is 19.6 Å². The molecule has 0 saturated carbocycles. The first kappa shape index (κ1) is 16.1. The van der Waals surface area contributed by atoms with Gasteiger partial charge in [0.15, 0.2) is 0 Å². The summed E-state index contributed by atoms with van der Waals surface area (Å²) in [6.45, 7) is 1.20. The van der Waals surface area contributed by atoms with Gasteiger partial charge >= 0.3 is 8.03 Å². The topological polar surface area (TPSA) is 35.5 Å². The first-order chi connectivity index (χ1) is 10.2. The van der Waals surface area contributed by atoms with E-state index in [9.17, 15) is 4.57 Å². The number of hydrogen-bond acceptors (Lipinski definition) is 3. The summed E-state index contributed by atoms with van der Waals surface area (Å²) in [4.78, 5) is 0. The second-order valence-electron chi connectivity index (χ2n) is 4.49. The van der Waals surface area contributed by atoms with Crippen LogP contribution in [0.2, 0.25) is 5.02 Å². The highest BCUT2D eigenvalue weighted by molar-refractivity contribution is 7.38. The lowest BCUT2D eigenvalue weighted by Gasteiger charge is -2.02. The van der Waals surface area contributed by atoms with Gasteiger partial charge in [-0.2, -0.15) is 0 Å². The van der Waals surface area contributed by atoms with Crippen LogP contribution < -0.4 is 0 Å². The normalized spacial score (nSPS) is 11.4. The Bertz CT molecular complexity index is 575. The van der Waals surface area contributed by atoms with Gasteiger partial charge in [-0.3, -0.25) is 0 Å². The quantitative estimate of drug-likeness (QED) is 0.516. The maximum Gasteiger partial charge on any atom is 0.512 e. The fourth-order valence-corrected chi connectivity index (χ4v) is 2.88. The van der Waals surface area contributed by atoms with Crippen molar-refractivity contribution in [3.63, 3.8) is 0 Å². The lowest BCUT2D eigenvalue weighted by molar-refractivity contribution is 0.0913. The molecule has 0 saturated heterocycles. The van der Waals surface area contributed by atoms with Crippen molar-refractivity contribution in [2.75, 3.05) is 13.2 Å². The van der Waals surface area contributed by atoms with Gasteiger partial charge < -0.3 is 4.74 Å². The van der Waals surface area contributed by atoms with E-state index < -0.39 is 8.03 Å². The molecule has 0 bridgehead atoms. The molecule has 0 aliphatic heterocycles. The predicted molar refractivity (Wildman–Crippen MR) is 84.8 cm³/mol.